The Kier molecular flexibility index (Phi) is 4.55. The first-order chi connectivity index (χ1) is 10.1. The molecule has 1 N–H and O–H groups in total. The van der Waals surface area contributed by atoms with Crippen molar-refractivity contribution in [3.8, 4) is 0 Å². The van der Waals surface area contributed by atoms with E-state index in [0.717, 1.165) is 29.7 Å². The highest BCUT2D eigenvalue weighted by Crippen LogP contribution is 2.37. The van der Waals surface area contributed by atoms with Gasteiger partial charge >= 0.3 is 0 Å². The zero-order valence-corrected chi connectivity index (χ0v) is 14.3. The average Bonchev–Trinajstić information content (AvgIpc) is 2.48. The Labute approximate surface area is 135 Å². The minimum absolute atomic E-state index is 0.179. The summed E-state index contributed by atoms with van der Waals surface area (Å²) < 4.78 is 14.3. The Morgan fingerprint density at radius 3 is 2.76 bits per heavy atom. The van der Waals surface area contributed by atoms with Gasteiger partial charge in [0.1, 0.15) is 5.82 Å². The second-order valence-corrected chi connectivity index (χ2v) is 7.36. The van der Waals surface area contributed by atoms with Gasteiger partial charge in [-0.2, -0.15) is 0 Å². The highest BCUT2D eigenvalue weighted by molar-refractivity contribution is 9.10. The van der Waals surface area contributed by atoms with E-state index in [1.165, 1.54) is 32.1 Å². The molecule has 0 bridgehead atoms. The van der Waals surface area contributed by atoms with Gasteiger partial charge < -0.3 is 10.2 Å². The monoisotopic (exact) mass is 354 g/mol. The molecule has 3 rings (SSSR count). The third-order valence-electron chi connectivity index (χ3n) is 5.13. The zero-order chi connectivity index (χ0) is 14.9. The van der Waals surface area contributed by atoms with E-state index in [-0.39, 0.29) is 11.4 Å². The van der Waals surface area contributed by atoms with E-state index in [2.05, 4.69) is 33.1 Å². The van der Waals surface area contributed by atoms with Gasteiger partial charge in [0.25, 0.3) is 0 Å². The van der Waals surface area contributed by atoms with Crippen LogP contribution in [-0.2, 0) is 0 Å². The van der Waals surface area contributed by atoms with Crippen LogP contribution < -0.4 is 10.2 Å². The average molecular weight is 355 g/mol. The van der Waals surface area contributed by atoms with Crippen molar-refractivity contribution in [2.75, 3.05) is 18.0 Å². The van der Waals surface area contributed by atoms with Gasteiger partial charge in [0.15, 0.2) is 0 Å². The molecular formula is C17H24BrFN2. The number of halogens is 2. The first-order valence-corrected chi connectivity index (χ1v) is 8.89. The van der Waals surface area contributed by atoms with Gasteiger partial charge in [0, 0.05) is 29.1 Å². The Bertz CT molecular complexity index is 500. The molecule has 1 spiro atoms. The van der Waals surface area contributed by atoms with E-state index in [9.17, 15) is 4.39 Å². The summed E-state index contributed by atoms with van der Waals surface area (Å²) in [6.45, 7) is 4.30. The molecule has 1 saturated heterocycles. The fraction of sp³-hybridized carbons (Fsp3) is 0.647. The molecule has 2 nitrogen and oxygen atoms in total. The Morgan fingerprint density at radius 1 is 1.33 bits per heavy atom. The van der Waals surface area contributed by atoms with Crippen LogP contribution in [0, 0.1) is 5.82 Å². The van der Waals surface area contributed by atoms with Gasteiger partial charge in [0.05, 0.1) is 5.69 Å². The fourth-order valence-corrected chi connectivity index (χ4v) is 4.46. The molecule has 4 heteroatoms. The van der Waals surface area contributed by atoms with Crippen LogP contribution in [0.15, 0.2) is 22.7 Å². The third-order valence-corrected chi connectivity index (χ3v) is 5.76. The molecule has 1 aromatic carbocycles. The third kappa shape index (κ3) is 3.11. The molecule has 1 atom stereocenters. The molecule has 1 aliphatic heterocycles. The minimum atomic E-state index is -0.179. The number of hydrogen-bond acceptors (Lipinski definition) is 2. The SMILES string of the molecule is CCC1CNC2(CCCCC2)CN1c1ccc(F)cc1Br. The van der Waals surface area contributed by atoms with Crippen molar-refractivity contribution in [1.82, 2.24) is 5.32 Å². The predicted octanol–water partition coefficient (Wildman–Crippen LogP) is 4.48. The molecular weight excluding hydrogens is 331 g/mol. The normalized spacial score (nSPS) is 25.3. The highest BCUT2D eigenvalue weighted by atomic mass is 79.9. The molecule has 1 saturated carbocycles. The molecule has 21 heavy (non-hydrogen) atoms. The number of rotatable bonds is 2. The van der Waals surface area contributed by atoms with Crippen molar-refractivity contribution in [3.05, 3.63) is 28.5 Å². The van der Waals surface area contributed by atoms with Crippen molar-refractivity contribution < 1.29 is 4.39 Å². The molecule has 0 aromatic heterocycles. The maximum Gasteiger partial charge on any atom is 0.124 e. The molecule has 0 amide bonds. The van der Waals surface area contributed by atoms with Gasteiger partial charge in [-0.1, -0.05) is 26.2 Å². The summed E-state index contributed by atoms with van der Waals surface area (Å²) in [5, 5.41) is 3.84. The lowest BCUT2D eigenvalue weighted by molar-refractivity contribution is 0.195. The van der Waals surface area contributed by atoms with E-state index >= 15 is 0 Å². The van der Waals surface area contributed by atoms with Crippen molar-refractivity contribution >= 4 is 21.6 Å². The topological polar surface area (TPSA) is 15.3 Å². The van der Waals surface area contributed by atoms with Crippen LogP contribution >= 0.6 is 15.9 Å². The van der Waals surface area contributed by atoms with Crippen LogP contribution in [0.25, 0.3) is 0 Å². The van der Waals surface area contributed by atoms with Crippen LogP contribution in [-0.4, -0.2) is 24.7 Å². The van der Waals surface area contributed by atoms with Crippen LogP contribution in [0.1, 0.15) is 45.4 Å². The van der Waals surface area contributed by atoms with Crippen molar-refractivity contribution in [3.63, 3.8) is 0 Å². The quantitative estimate of drug-likeness (QED) is 0.842. The summed E-state index contributed by atoms with van der Waals surface area (Å²) in [5.41, 5.74) is 1.40. The molecule has 2 fully saturated rings. The maximum atomic E-state index is 13.4. The van der Waals surface area contributed by atoms with Gasteiger partial charge in [0.2, 0.25) is 0 Å². The number of nitrogens with zero attached hydrogens (tertiary/aromatic N) is 1. The van der Waals surface area contributed by atoms with E-state index < -0.39 is 0 Å². The molecule has 1 aromatic rings. The molecule has 0 radical (unpaired) electrons. The zero-order valence-electron chi connectivity index (χ0n) is 12.7. The first-order valence-electron chi connectivity index (χ1n) is 8.10. The molecule has 2 aliphatic rings. The van der Waals surface area contributed by atoms with Crippen molar-refractivity contribution in [2.45, 2.75) is 57.0 Å². The van der Waals surface area contributed by atoms with Crippen molar-refractivity contribution in [2.24, 2.45) is 0 Å². The number of piperazine rings is 1. The van der Waals surface area contributed by atoms with E-state index in [0.29, 0.717) is 6.04 Å². The maximum absolute atomic E-state index is 13.4. The summed E-state index contributed by atoms with van der Waals surface area (Å²) >= 11 is 3.55. The van der Waals surface area contributed by atoms with Crippen LogP contribution in [0.3, 0.4) is 0 Å². The molecule has 116 valence electrons. The summed E-state index contributed by atoms with van der Waals surface area (Å²) in [6, 6.07) is 5.56. The fourth-order valence-electron chi connectivity index (χ4n) is 3.88. The second-order valence-electron chi connectivity index (χ2n) is 6.51. The van der Waals surface area contributed by atoms with Crippen LogP contribution in [0.5, 0.6) is 0 Å². The highest BCUT2D eigenvalue weighted by Gasteiger charge is 2.39. The van der Waals surface area contributed by atoms with Gasteiger partial charge in [-0.25, -0.2) is 4.39 Å². The molecule has 1 aliphatic carbocycles. The van der Waals surface area contributed by atoms with Crippen LogP contribution in [0.4, 0.5) is 10.1 Å². The summed E-state index contributed by atoms with van der Waals surface area (Å²) in [5.74, 6) is -0.179. The lowest BCUT2D eigenvalue weighted by Crippen LogP contribution is -2.65. The van der Waals surface area contributed by atoms with Gasteiger partial charge in [-0.3, -0.25) is 0 Å². The second kappa shape index (κ2) is 6.25. The molecule has 1 heterocycles. The standard InChI is InChI=1S/C17H24BrFN2/c1-2-14-11-20-17(8-4-3-5-9-17)12-21(14)16-7-6-13(19)10-15(16)18/h6-7,10,14,20H,2-5,8-9,11-12H2,1H3. The molecule has 1 unspecified atom stereocenters. The Hall–Kier alpha value is -0.610. The minimum Gasteiger partial charge on any atom is -0.365 e. The van der Waals surface area contributed by atoms with E-state index in [1.54, 1.807) is 12.1 Å². The van der Waals surface area contributed by atoms with Gasteiger partial charge in [-0.15, -0.1) is 0 Å². The summed E-state index contributed by atoms with van der Waals surface area (Å²) in [6.07, 6.45) is 7.63. The first kappa shape index (κ1) is 15.3. The number of benzene rings is 1. The van der Waals surface area contributed by atoms with E-state index in [4.69, 9.17) is 0 Å². The lowest BCUT2D eigenvalue weighted by atomic mass is 9.79. The van der Waals surface area contributed by atoms with Crippen LogP contribution in [0.2, 0.25) is 0 Å². The predicted molar refractivity (Wildman–Crippen MR) is 89.3 cm³/mol. The number of hydrogen-bond donors (Lipinski definition) is 1. The Balaban J connectivity index is 1.88. The lowest BCUT2D eigenvalue weighted by Gasteiger charge is -2.50. The summed E-state index contributed by atoms with van der Waals surface area (Å²) in [4.78, 5) is 2.49. The van der Waals surface area contributed by atoms with Gasteiger partial charge in [-0.05, 0) is 53.4 Å². The number of nitrogens with one attached hydrogen (secondary N) is 1. The van der Waals surface area contributed by atoms with E-state index in [1.807, 2.05) is 6.07 Å². The Morgan fingerprint density at radius 2 is 2.10 bits per heavy atom. The number of anilines is 1. The summed E-state index contributed by atoms with van der Waals surface area (Å²) in [7, 11) is 0. The smallest absolute Gasteiger partial charge is 0.124 e. The van der Waals surface area contributed by atoms with Crippen molar-refractivity contribution in [1.29, 1.82) is 0 Å². The largest absolute Gasteiger partial charge is 0.365 e.